The fourth-order valence-electron chi connectivity index (χ4n) is 2.90. The van der Waals surface area contributed by atoms with E-state index in [2.05, 4.69) is 11.1 Å². The smallest absolute Gasteiger partial charge is 0.266 e. The van der Waals surface area contributed by atoms with E-state index in [9.17, 15) is 9.18 Å². The van der Waals surface area contributed by atoms with Crippen LogP contribution in [0.2, 0.25) is 0 Å². The van der Waals surface area contributed by atoms with Gasteiger partial charge in [-0.15, -0.1) is 0 Å². The summed E-state index contributed by atoms with van der Waals surface area (Å²) in [6.45, 7) is 0. The van der Waals surface area contributed by atoms with Crippen LogP contribution >= 0.6 is 11.8 Å². The van der Waals surface area contributed by atoms with E-state index >= 15 is 0 Å². The number of nitrogens with zero attached hydrogens (tertiary/aromatic N) is 3. The molecule has 4 nitrogen and oxygen atoms in total. The topological polar surface area (TPSA) is 58.7 Å². The van der Waals surface area contributed by atoms with E-state index in [1.807, 2.05) is 12.1 Å². The van der Waals surface area contributed by atoms with Gasteiger partial charge in [0.05, 0.1) is 28.2 Å². The summed E-state index contributed by atoms with van der Waals surface area (Å²) in [6, 6.07) is 22.4. The first kappa shape index (κ1) is 18.0. The normalized spacial score (nSPS) is 10.7. The predicted molar refractivity (Wildman–Crippen MR) is 108 cm³/mol. The molecule has 0 radical (unpaired) electrons. The highest BCUT2D eigenvalue weighted by atomic mass is 32.2. The van der Waals surface area contributed by atoms with Crippen LogP contribution in [-0.2, 0) is 5.75 Å². The van der Waals surface area contributed by atoms with Gasteiger partial charge < -0.3 is 0 Å². The van der Waals surface area contributed by atoms with E-state index in [1.54, 1.807) is 48.5 Å². The Hall–Kier alpha value is -3.43. The second-order valence-corrected chi connectivity index (χ2v) is 7.07. The van der Waals surface area contributed by atoms with Crippen molar-refractivity contribution in [2.75, 3.05) is 0 Å². The van der Waals surface area contributed by atoms with Crippen LogP contribution in [0.25, 0.3) is 16.6 Å². The van der Waals surface area contributed by atoms with Crippen molar-refractivity contribution in [3.8, 4) is 11.8 Å². The van der Waals surface area contributed by atoms with Crippen molar-refractivity contribution in [2.45, 2.75) is 10.9 Å². The van der Waals surface area contributed by atoms with Gasteiger partial charge in [0.2, 0.25) is 0 Å². The predicted octanol–water partition coefficient (Wildman–Crippen LogP) is 4.69. The van der Waals surface area contributed by atoms with Crippen molar-refractivity contribution in [1.29, 1.82) is 5.26 Å². The summed E-state index contributed by atoms with van der Waals surface area (Å²) in [4.78, 5) is 17.8. The van der Waals surface area contributed by atoms with E-state index in [-0.39, 0.29) is 11.4 Å². The summed E-state index contributed by atoms with van der Waals surface area (Å²) in [7, 11) is 0. The van der Waals surface area contributed by atoms with Crippen molar-refractivity contribution in [1.82, 2.24) is 9.55 Å². The van der Waals surface area contributed by atoms with Gasteiger partial charge in [-0.25, -0.2) is 9.37 Å². The molecule has 1 aromatic heterocycles. The second-order valence-electron chi connectivity index (χ2n) is 6.13. The fraction of sp³-hybridized carbons (Fsp3) is 0.0455. The first-order chi connectivity index (χ1) is 13.7. The average Bonchev–Trinajstić information content (AvgIpc) is 2.73. The molecule has 0 bridgehead atoms. The molecule has 6 heteroatoms. The molecule has 0 unspecified atom stereocenters. The molecule has 0 saturated carbocycles. The lowest BCUT2D eigenvalue weighted by Crippen LogP contribution is -2.21. The van der Waals surface area contributed by atoms with E-state index in [0.717, 1.165) is 5.56 Å². The number of fused-ring (bicyclic) bond motifs is 1. The lowest BCUT2D eigenvalue weighted by atomic mass is 10.2. The van der Waals surface area contributed by atoms with Crippen LogP contribution in [0.5, 0.6) is 0 Å². The molecular formula is C22H14FN3OS. The Bertz CT molecular complexity index is 1260. The summed E-state index contributed by atoms with van der Waals surface area (Å²) in [6.07, 6.45) is 0. The molecule has 0 fully saturated rings. The molecule has 4 rings (SSSR count). The maximum atomic E-state index is 13.5. The lowest BCUT2D eigenvalue weighted by molar-refractivity contribution is 0.626. The Balaban J connectivity index is 1.83. The lowest BCUT2D eigenvalue weighted by Gasteiger charge is -2.13. The Labute approximate surface area is 164 Å². The second kappa shape index (κ2) is 7.67. The standard InChI is InChI=1S/C22H14FN3OS/c23-17-5-3-4-16(12-17)14-28-22-25-20-7-2-1-6-19(20)21(27)26(22)18-10-8-15(13-24)9-11-18/h1-12H,14H2. The molecule has 28 heavy (non-hydrogen) atoms. The highest BCUT2D eigenvalue weighted by Crippen LogP contribution is 2.25. The Kier molecular flexibility index (Phi) is 4.92. The van der Waals surface area contributed by atoms with Gasteiger partial charge in [-0.05, 0) is 54.1 Å². The molecule has 0 N–H and O–H groups in total. The summed E-state index contributed by atoms with van der Waals surface area (Å²) in [5, 5.41) is 10.0. The molecule has 0 amide bonds. The first-order valence-electron chi connectivity index (χ1n) is 8.55. The quantitative estimate of drug-likeness (QED) is 0.377. The molecule has 3 aromatic carbocycles. The summed E-state index contributed by atoms with van der Waals surface area (Å²) >= 11 is 1.36. The average molecular weight is 387 g/mol. The first-order valence-corrected chi connectivity index (χ1v) is 9.54. The van der Waals surface area contributed by atoms with Crippen LogP contribution in [0.15, 0.2) is 82.7 Å². The molecule has 0 aliphatic carbocycles. The minimum atomic E-state index is -0.297. The largest absolute Gasteiger partial charge is 0.268 e. The maximum Gasteiger partial charge on any atom is 0.266 e. The monoisotopic (exact) mass is 387 g/mol. The van der Waals surface area contributed by atoms with Crippen molar-refractivity contribution < 1.29 is 4.39 Å². The van der Waals surface area contributed by atoms with Crippen LogP contribution in [0.1, 0.15) is 11.1 Å². The van der Waals surface area contributed by atoms with Gasteiger partial charge in [-0.1, -0.05) is 36.0 Å². The summed E-state index contributed by atoms with van der Waals surface area (Å²) in [5.74, 6) is 0.174. The van der Waals surface area contributed by atoms with Crippen LogP contribution < -0.4 is 5.56 Å². The third-order valence-electron chi connectivity index (χ3n) is 4.26. The van der Waals surface area contributed by atoms with Crippen molar-refractivity contribution in [2.24, 2.45) is 0 Å². The Morgan fingerprint density at radius 3 is 2.57 bits per heavy atom. The SMILES string of the molecule is N#Cc1ccc(-n2c(SCc3cccc(F)c3)nc3ccccc3c2=O)cc1. The number of nitriles is 1. The van der Waals surface area contributed by atoms with Crippen LogP contribution in [0, 0.1) is 17.1 Å². The third kappa shape index (κ3) is 3.53. The Morgan fingerprint density at radius 2 is 1.82 bits per heavy atom. The van der Waals surface area contributed by atoms with Gasteiger partial charge in [-0.3, -0.25) is 9.36 Å². The molecule has 4 aromatic rings. The van der Waals surface area contributed by atoms with Gasteiger partial charge >= 0.3 is 0 Å². The number of aromatic nitrogens is 2. The van der Waals surface area contributed by atoms with Crippen molar-refractivity contribution in [3.63, 3.8) is 0 Å². The van der Waals surface area contributed by atoms with E-state index < -0.39 is 0 Å². The minimum Gasteiger partial charge on any atom is -0.268 e. The number of hydrogen-bond donors (Lipinski definition) is 0. The zero-order chi connectivity index (χ0) is 19.5. The molecule has 136 valence electrons. The maximum absolute atomic E-state index is 13.5. The van der Waals surface area contributed by atoms with Gasteiger partial charge in [0.25, 0.3) is 5.56 Å². The molecule has 0 spiro atoms. The zero-order valence-electron chi connectivity index (χ0n) is 14.7. The third-order valence-corrected chi connectivity index (χ3v) is 5.27. The van der Waals surface area contributed by atoms with E-state index in [1.165, 1.54) is 28.5 Å². The van der Waals surface area contributed by atoms with Crippen LogP contribution in [-0.4, -0.2) is 9.55 Å². The number of halogens is 1. The molecule has 0 saturated heterocycles. The molecule has 0 aliphatic rings. The molecule has 0 aliphatic heterocycles. The number of thioether (sulfide) groups is 1. The van der Waals surface area contributed by atoms with Crippen molar-refractivity contribution in [3.05, 3.63) is 100 Å². The number of para-hydroxylation sites is 1. The highest BCUT2D eigenvalue weighted by molar-refractivity contribution is 7.98. The van der Waals surface area contributed by atoms with Crippen LogP contribution in [0.4, 0.5) is 4.39 Å². The minimum absolute atomic E-state index is 0.183. The van der Waals surface area contributed by atoms with Gasteiger partial charge in [0.15, 0.2) is 5.16 Å². The van der Waals surface area contributed by atoms with E-state index in [4.69, 9.17) is 5.26 Å². The fourth-order valence-corrected chi connectivity index (χ4v) is 3.85. The van der Waals surface area contributed by atoms with E-state index in [0.29, 0.717) is 33.1 Å². The summed E-state index contributed by atoms with van der Waals surface area (Å²) < 4.78 is 15.0. The number of hydrogen-bond acceptors (Lipinski definition) is 4. The molecule has 1 heterocycles. The van der Waals surface area contributed by atoms with Gasteiger partial charge in [0.1, 0.15) is 5.82 Å². The number of benzene rings is 3. The van der Waals surface area contributed by atoms with Crippen molar-refractivity contribution >= 4 is 22.7 Å². The number of rotatable bonds is 4. The van der Waals surface area contributed by atoms with Gasteiger partial charge in [0, 0.05) is 5.75 Å². The molecular weight excluding hydrogens is 373 g/mol. The Morgan fingerprint density at radius 1 is 1.04 bits per heavy atom. The summed E-state index contributed by atoms with van der Waals surface area (Å²) in [5.41, 5.74) is 2.37. The zero-order valence-corrected chi connectivity index (χ0v) is 15.5. The highest BCUT2D eigenvalue weighted by Gasteiger charge is 2.13. The van der Waals surface area contributed by atoms with Crippen LogP contribution in [0.3, 0.4) is 0 Å². The van der Waals surface area contributed by atoms with Gasteiger partial charge in [-0.2, -0.15) is 5.26 Å². The molecule has 0 atom stereocenters.